The lowest BCUT2D eigenvalue weighted by Crippen LogP contribution is -2.63. The summed E-state index contributed by atoms with van der Waals surface area (Å²) in [5.74, 6) is 5.92. The molecule has 5 heteroatoms. The van der Waals surface area contributed by atoms with Gasteiger partial charge in [-0.2, -0.15) is 0 Å². The second kappa shape index (κ2) is 8.69. The minimum atomic E-state index is 0.0326. The smallest absolute Gasteiger partial charge is 0.0621 e. The summed E-state index contributed by atoms with van der Waals surface area (Å²) in [5.41, 5.74) is 4.17. The molecule has 0 aromatic carbocycles. The van der Waals surface area contributed by atoms with Gasteiger partial charge in [-0.3, -0.25) is 21.2 Å². The maximum atomic E-state index is 6.26. The van der Waals surface area contributed by atoms with Crippen molar-refractivity contribution in [1.82, 2.24) is 15.3 Å². The molecule has 1 unspecified atom stereocenters. The van der Waals surface area contributed by atoms with Crippen molar-refractivity contribution < 1.29 is 0 Å². The number of hydrogen-bond acceptors (Lipinski definition) is 4. The Balaban J connectivity index is 3.11. The van der Waals surface area contributed by atoms with Gasteiger partial charge in [-0.15, -0.1) is 0 Å². The number of nitrogens with one attached hydrogen (secondary N) is 1. The summed E-state index contributed by atoms with van der Waals surface area (Å²) in [6, 6.07) is 2.12. The molecule has 0 aliphatic rings. The zero-order valence-electron chi connectivity index (χ0n) is 13.7. The Morgan fingerprint density at radius 3 is 2.33 bits per heavy atom. The molecular formula is C16H29ClN4. The van der Waals surface area contributed by atoms with Crippen molar-refractivity contribution in [3.05, 3.63) is 29.0 Å². The van der Waals surface area contributed by atoms with Gasteiger partial charge in [-0.05, 0) is 44.0 Å². The first-order chi connectivity index (χ1) is 10.1. The van der Waals surface area contributed by atoms with E-state index in [1.165, 1.54) is 0 Å². The molecule has 1 aromatic rings. The molecule has 0 spiro atoms. The third kappa shape index (κ3) is 3.95. The summed E-state index contributed by atoms with van der Waals surface area (Å²) in [5, 5.41) is 0.707. The van der Waals surface area contributed by atoms with Gasteiger partial charge in [0.25, 0.3) is 0 Å². The fourth-order valence-corrected chi connectivity index (χ4v) is 3.65. The fourth-order valence-electron chi connectivity index (χ4n) is 3.46. The van der Waals surface area contributed by atoms with Crippen LogP contribution in [0.4, 0.5) is 0 Å². The third-order valence-electron chi connectivity index (χ3n) is 4.75. The molecule has 4 nitrogen and oxygen atoms in total. The standard InChI is InChI=1S/C16H29ClN4/c1-5-16(6-2,21(7-3)8-4)15(20-18)11-13-9-10-19-12-14(13)17/h9-10,12,15,20H,5-8,11,18H2,1-4H3. The van der Waals surface area contributed by atoms with E-state index in [0.29, 0.717) is 5.02 Å². The number of likely N-dealkylation sites (N-methyl/N-ethyl adjacent to an activating group) is 1. The number of rotatable bonds is 9. The van der Waals surface area contributed by atoms with E-state index < -0.39 is 0 Å². The van der Waals surface area contributed by atoms with Crippen LogP contribution in [0.3, 0.4) is 0 Å². The molecule has 0 saturated heterocycles. The Morgan fingerprint density at radius 1 is 1.29 bits per heavy atom. The zero-order chi connectivity index (χ0) is 15.9. The molecule has 0 aliphatic heterocycles. The number of aromatic nitrogens is 1. The van der Waals surface area contributed by atoms with Crippen LogP contribution in [-0.4, -0.2) is 34.6 Å². The Hall–Kier alpha value is -0.680. The van der Waals surface area contributed by atoms with Crippen LogP contribution in [0.5, 0.6) is 0 Å². The van der Waals surface area contributed by atoms with E-state index in [1.54, 1.807) is 12.4 Å². The lowest BCUT2D eigenvalue weighted by Gasteiger charge is -2.48. The van der Waals surface area contributed by atoms with Gasteiger partial charge in [0.05, 0.1) is 5.02 Å². The Morgan fingerprint density at radius 2 is 1.90 bits per heavy atom. The zero-order valence-corrected chi connectivity index (χ0v) is 14.5. The molecule has 3 N–H and O–H groups in total. The van der Waals surface area contributed by atoms with Crippen molar-refractivity contribution in [2.24, 2.45) is 5.84 Å². The third-order valence-corrected chi connectivity index (χ3v) is 5.09. The first-order valence-electron chi connectivity index (χ1n) is 7.89. The monoisotopic (exact) mass is 312 g/mol. The number of nitrogens with zero attached hydrogens (tertiary/aromatic N) is 2. The summed E-state index contributed by atoms with van der Waals surface area (Å²) in [4.78, 5) is 6.56. The average Bonchev–Trinajstić information content (AvgIpc) is 2.52. The van der Waals surface area contributed by atoms with Gasteiger partial charge in [-0.1, -0.05) is 39.3 Å². The van der Waals surface area contributed by atoms with Gasteiger partial charge >= 0.3 is 0 Å². The normalized spacial score (nSPS) is 13.7. The second-order valence-electron chi connectivity index (χ2n) is 5.37. The van der Waals surface area contributed by atoms with Crippen molar-refractivity contribution in [3.63, 3.8) is 0 Å². The molecule has 1 heterocycles. The predicted molar refractivity (Wildman–Crippen MR) is 90.3 cm³/mol. The molecule has 0 bridgehead atoms. The lowest BCUT2D eigenvalue weighted by atomic mass is 9.80. The number of hydrazine groups is 1. The summed E-state index contributed by atoms with van der Waals surface area (Å²) in [6.45, 7) is 10.9. The van der Waals surface area contributed by atoms with E-state index >= 15 is 0 Å². The highest BCUT2D eigenvalue weighted by molar-refractivity contribution is 6.31. The summed E-state index contributed by atoms with van der Waals surface area (Å²) in [6.07, 6.45) is 6.37. The Bertz CT molecular complexity index is 416. The van der Waals surface area contributed by atoms with E-state index in [9.17, 15) is 0 Å². The van der Waals surface area contributed by atoms with Gasteiger partial charge in [-0.25, -0.2) is 0 Å². The van der Waals surface area contributed by atoms with E-state index in [-0.39, 0.29) is 11.6 Å². The van der Waals surface area contributed by atoms with Gasteiger partial charge in [0.2, 0.25) is 0 Å². The van der Waals surface area contributed by atoms with E-state index in [0.717, 1.165) is 37.9 Å². The van der Waals surface area contributed by atoms with Crippen molar-refractivity contribution in [2.75, 3.05) is 13.1 Å². The number of nitrogens with two attached hydrogens (primary N) is 1. The van der Waals surface area contributed by atoms with Crippen LogP contribution in [0.25, 0.3) is 0 Å². The molecule has 0 fully saturated rings. The van der Waals surface area contributed by atoms with Crippen molar-refractivity contribution >= 4 is 11.6 Å². The minimum Gasteiger partial charge on any atom is -0.297 e. The van der Waals surface area contributed by atoms with Crippen molar-refractivity contribution in [3.8, 4) is 0 Å². The highest BCUT2D eigenvalue weighted by atomic mass is 35.5. The maximum Gasteiger partial charge on any atom is 0.0621 e. The van der Waals surface area contributed by atoms with Crippen molar-refractivity contribution in [2.45, 2.75) is 58.5 Å². The molecule has 0 aliphatic carbocycles. The maximum absolute atomic E-state index is 6.26. The molecule has 1 atom stereocenters. The van der Waals surface area contributed by atoms with Gasteiger partial charge in [0, 0.05) is 24.0 Å². The second-order valence-corrected chi connectivity index (χ2v) is 5.78. The van der Waals surface area contributed by atoms with Gasteiger partial charge in [0.1, 0.15) is 0 Å². The van der Waals surface area contributed by atoms with Crippen molar-refractivity contribution in [1.29, 1.82) is 0 Å². The average molecular weight is 313 g/mol. The highest BCUT2D eigenvalue weighted by Gasteiger charge is 2.39. The molecule has 120 valence electrons. The fraction of sp³-hybridized carbons (Fsp3) is 0.688. The Labute approximate surface area is 134 Å². The first kappa shape index (κ1) is 18.4. The number of pyridine rings is 1. The molecular weight excluding hydrogens is 284 g/mol. The molecule has 0 amide bonds. The first-order valence-corrected chi connectivity index (χ1v) is 8.26. The quantitative estimate of drug-likeness (QED) is 0.543. The van der Waals surface area contributed by atoms with Crippen LogP contribution in [-0.2, 0) is 6.42 Å². The molecule has 0 radical (unpaired) electrons. The molecule has 0 saturated carbocycles. The lowest BCUT2D eigenvalue weighted by molar-refractivity contribution is 0.0492. The summed E-state index contributed by atoms with van der Waals surface area (Å²) < 4.78 is 0. The van der Waals surface area contributed by atoms with Crippen LogP contribution < -0.4 is 11.3 Å². The largest absolute Gasteiger partial charge is 0.297 e. The Kier molecular flexibility index (Phi) is 7.60. The van der Waals surface area contributed by atoms with E-state index in [1.807, 2.05) is 6.07 Å². The van der Waals surface area contributed by atoms with Gasteiger partial charge < -0.3 is 0 Å². The van der Waals surface area contributed by atoms with Crippen LogP contribution in [0, 0.1) is 0 Å². The van der Waals surface area contributed by atoms with E-state index in [2.05, 4.69) is 43.0 Å². The SMILES string of the molecule is CCN(CC)C(CC)(CC)C(Cc1ccncc1Cl)NN. The predicted octanol–water partition coefficient (Wildman–Crippen LogP) is 3.01. The molecule has 1 rings (SSSR count). The highest BCUT2D eigenvalue weighted by Crippen LogP contribution is 2.30. The van der Waals surface area contributed by atoms with E-state index in [4.69, 9.17) is 17.4 Å². The van der Waals surface area contributed by atoms with Crippen LogP contribution in [0.15, 0.2) is 18.5 Å². The van der Waals surface area contributed by atoms with Crippen LogP contribution in [0.1, 0.15) is 46.1 Å². The molecule has 1 aromatic heterocycles. The topological polar surface area (TPSA) is 54.2 Å². The summed E-state index contributed by atoms with van der Waals surface area (Å²) in [7, 11) is 0. The summed E-state index contributed by atoms with van der Waals surface area (Å²) >= 11 is 6.26. The number of halogens is 1. The number of hydrogen-bond donors (Lipinski definition) is 2. The van der Waals surface area contributed by atoms with Crippen LogP contribution >= 0.6 is 11.6 Å². The molecule has 21 heavy (non-hydrogen) atoms. The minimum absolute atomic E-state index is 0.0326. The van der Waals surface area contributed by atoms with Gasteiger partial charge in [0.15, 0.2) is 0 Å². The van der Waals surface area contributed by atoms with Crippen LogP contribution in [0.2, 0.25) is 5.02 Å².